The molecule has 1 aromatic rings. The molecule has 0 fully saturated rings. The largest absolute Gasteiger partial charge is 0.481 e. The summed E-state index contributed by atoms with van der Waals surface area (Å²) in [6, 6.07) is 8.13. The number of allylic oxidation sites excluding steroid dienone is 1. The number of thioether (sulfide) groups is 1. The second-order valence-electron chi connectivity index (χ2n) is 4.52. The summed E-state index contributed by atoms with van der Waals surface area (Å²) in [5.74, 6) is 0.0759. The van der Waals surface area contributed by atoms with Crippen molar-refractivity contribution in [2.45, 2.75) is 32.6 Å². The standard InChI is InChI=1S/C16H20O3S/c1-13(17)20-12-3-2-5-14-8-10-15(11-9-14)6-4-7-16(18)19/h2,5,8-11H,3-4,6-7,12H2,1H3,(H,18,19). The molecule has 20 heavy (non-hydrogen) atoms. The van der Waals surface area contributed by atoms with Crippen LogP contribution in [-0.4, -0.2) is 21.9 Å². The predicted molar refractivity (Wildman–Crippen MR) is 83.8 cm³/mol. The van der Waals surface area contributed by atoms with Crippen LogP contribution in [0.3, 0.4) is 0 Å². The van der Waals surface area contributed by atoms with Gasteiger partial charge in [0.05, 0.1) is 0 Å². The number of benzene rings is 1. The zero-order valence-corrected chi connectivity index (χ0v) is 12.5. The first-order chi connectivity index (χ1) is 9.58. The van der Waals surface area contributed by atoms with E-state index in [4.69, 9.17) is 5.11 Å². The Bertz CT molecular complexity index is 463. The molecule has 0 atom stereocenters. The molecule has 1 aromatic carbocycles. The van der Waals surface area contributed by atoms with Gasteiger partial charge in [-0.3, -0.25) is 9.59 Å². The van der Waals surface area contributed by atoms with Crippen molar-refractivity contribution in [2.24, 2.45) is 0 Å². The van der Waals surface area contributed by atoms with E-state index in [0.29, 0.717) is 6.42 Å². The summed E-state index contributed by atoms with van der Waals surface area (Å²) in [7, 11) is 0. The topological polar surface area (TPSA) is 54.4 Å². The number of carbonyl (C=O) groups is 2. The van der Waals surface area contributed by atoms with E-state index in [0.717, 1.165) is 29.7 Å². The normalized spacial score (nSPS) is 10.8. The number of rotatable bonds is 8. The minimum Gasteiger partial charge on any atom is -0.481 e. The van der Waals surface area contributed by atoms with Gasteiger partial charge in [0.2, 0.25) is 0 Å². The zero-order valence-electron chi connectivity index (χ0n) is 11.7. The number of hydrogen-bond donors (Lipinski definition) is 1. The van der Waals surface area contributed by atoms with Crippen LogP contribution >= 0.6 is 11.8 Å². The summed E-state index contributed by atoms with van der Waals surface area (Å²) >= 11 is 1.34. The van der Waals surface area contributed by atoms with E-state index in [9.17, 15) is 9.59 Å². The van der Waals surface area contributed by atoms with Gasteiger partial charge in [-0.1, -0.05) is 48.2 Å². The monoisotopic (exact) mass is 292 g/mol. The van der Waals surface area contributed by atoms with E-state index in [2.05, 4.69) is 6.08 Å². The van der Waals surface area contributed by atoms with Crippen LogP contribution in [-0.2, 0) is 16.0 Å². The molecule has 0 bridgehead atoms. The highest BCUT2D eigenvalue weighted by atomic mass is 32.2. The van der Waals surface area contributed by atoms with Crippen LogP contribution in [0.15, 0.2) is 30.3 Å². The first-order valence-electron chi connectivity index (χ1n) is 6.68. The number of carboxylic acid groups (broad SMARTS) is 1. The molecular weight excluding hydrogens is 272 g/mol. The minimum atomic E-state index is -0.743. The Morgan fingerprint density at radius 3 is 2.55 bits per heavy atom. The number of carbonyl (C=O) groups excluding carboxylic acids is 1. The fraction of sp³-hybridized carbons (Fsp3) is 0.375. The van der Waals surface area contributed by atoms with Crippen LogP contribution in [0.2, 0.25) is 0 Å². The van der Waals surface area contributed by atoms with Crippen molar-refractivity contribution < 1.29 is 14.7 Å². The zero-order chi connectivity index (χ0) is 14.8. The highest BCUT2D eigenvalue weighted by Crippen LogP contribution is 2.10. The number of aliphatic carboxylic acids is 1. The molecule has 0 aliphatic rings. The Balaban J connectivity index is 2.32. The molecule has 0 amide bonds. The number of carboxylic acids is 1. The van der Waals surface area contributed by atoms with Gasteiger partial charge < -0.3 is 5.11 Å². The van der Waals surface area contributed by atoms with Gasteiger partial charge in [-0.15, -0.1) is 0 Å². The van der Waals surface area contributed by atoms with Crippen molar-refractivity contribution in [2.75, 3.05) is 5.75 Å². The van der Waals surface area contributed by atoms with Crippen LogP contribution in [0.4, 0.5) is 0 Å². The fourth-order valence-corrected chi connectivity index (χ4v) is 2.27. The second-order valence-corrected chi connectivity index (χ2v) is 5.79. The lowest BCUT2D eigenvalue weighted by Gasteiger charge is -2.00. The van der Waals surface area contributed by atoms with Crippen LogP contribution < -0.4 is 0 Å². The Morgan fingerprint density at radius 2 is 1.95 bits per heavy atom. The van der Waals surface area contributed by atoms with Gasteiger partial charge in [0, 0.05) is 19.1 Å². The van der Waals surface area contributed by atoms with E-state index in [1.165, 1.54) is 11.8 Å². The van der Waals surface area contributed by atoms with Crippen molar-refractivity contribution in [3.63, 3.8) is 0 Å². The van der Waals surface area contributed by atoms with Gasteiger partial charge in [0.15, 0.2) is 5.12 Å². The molecule has 0 aliphatic heterocycles. The van der Waals surface area contributed by atoms with Crippen molar-refractivity contribution in [1.29, 1.82) is 0 Å². The predicted octanol–water partition coefficient (Wildman–Crippen LogP) is 3.78. The van der Waals surface area contributed by atoms with Gasteiger partial charge in [0.1, 0.15) is 0 Å². The molecular formula is C16H20O3S. The Kier molecular flexibility index (Phi) is 7.73. The molecule has 0 unspecified atom stereocenters. The molecule has 1 rings (SSSR count). The molecule has 0 heterocycles. The van der Waals surface area contributed by atoms with E-state index < -0.39 is 5.97 Å². The Labute approximate surface area is 124 Å². The van der Waals surface area contributed by atoms with E-state index >= 15 is 0 Å². The molecule has 1 N–H and O–H groups in total. The minimum absolute atomic E-state index is 0.157. The average molecular weight is 292 g/mol. The summed E-state index contributed by atoms with van der Waals surface area (Å²) < 4.78 is 0. The molecule has 0 aromatic heterocycles. The fourth-order valence-electron chi connectivity index (χ4n) is 1.73. The SMILES string of the molecule is CC(=O)SCCC=Cc1ccc(CCCC(=O)O)cc1. The van der Waals surface area contributed by atoms with E-state index in [-0.39, 0.29) is 11.5 Å². The molecule has 0 saturated heterocycles. The highest BCUT2D eigenvalue weighted by molar-refractivity contribution is 8.13. The third-order valence-electron chi connectivity index (χ3n) is 2.74. The number of aryl methyl sites for hydroxylation is 1. The molecule has 0 aliphatic carbocycles. The molecule has 0 saturated carbocycles. The van der Waals surface area contributed by atoms with Gasteiger partial charge in [0.25, 0.3) is 0 Å². The first-order valence-corrected chi connectivity index (χ1v) is 7.67. The molecule has 0 spiro atoms. The highest BCUT2D eigenvalue weighted by Gasteiger charge is 1.98. The van der Waals surface area contributed by atoms with E-state index in [1.807, 2.05) is 30.3 Å². The summed E-state index contributed by atoms with van der Waals surface area (Å²) in [5.41, 5.74) is 2.29. The first kappa shape index (κ1) is 16.5. The Hall–Kier alpha value is -1.55. The Morgan fingerprint density at radius 1 is 1.25 bits per heavy atom. The summed E-state index contributed by atoms with van der Waals surface area (Å²) in [4.78, 5) is 21.2. The second kappa shape index (κ2) is 9.37. The average Bonchev–Trinajstić information content (AvgIpc) is 2.39. The van der Waals surface area contributed by atoms with E-state index in [1.54, 1.807) is 6.92 Å². The lowest BCUT2D eigenvalue weighted by molar-refractivity contribution is -0.137. The van der Waals surface area contributed by atoms with Gasteiger partial charge in [-0.2, -0.15) is 0 Å². The maximum absolute atomic E-state index is 10.7. The van der Waals surface area contributed by atoms with Crippen LogP contribution in [0.25, 0.3) is 6.08 Å². The van der Waals surface area contributed by atoms with Gasteiger partial charge in [-0.05, 0) is 30.4 Å². The lowest BCUT2D eigenvalue weighted by atomic mass is 10.1. The van der Waals surface area contributed by atoms with Crippen LogP contribution in [0.5, 0.6) is 0 Å². The molecule has 4 heteroatoms. The van der Waals surface area contributed by atoms with Gasteiger partial charge in [-0.25, -0.2) is 0 Å². The molecule has 108 valence electrons. The summed E-state index contributed by atoms with van der Waals surface area (Å²) in [6.07, 6.45) is 6.68. The molecule has 3 nitrogen and oxygen atoms in total. The quantitative estimate of drug-likeness (QED) is 0.741. The third kappa shape index (κ3) is 7.79. The van der Waals surface area contributed by atoms with Crippen molar-refractivity contribution >= 4 is 28.9 Å². The number of hydrogen-bond acceptors (Lipinski definition) is 3. The van der Waals surface area contributed by atoms with Crippen molar-refractivity contribution in [3.05, 3.63) is 41.5 Å². The lowest BCUT2D eigenvalue weighted by Crippen LogP contribution is -1.95. The van der Waals surface area contributed by atoms with Gasteiger partial charge >= 0.3 is 5.97 Å². The van der Waals surface area contributed by atoms with Crippen molar-refractivity contribution in [1.82, 2.24) is 0 Å². The third-order valence-corrected chi connectivity index (χ3v) is 3.58. The van der Waals surface area contributed by atoms with Crippen molar-refractivity contribution in [3.8, 4) is 0 Å². The molecule has 0 radical (unpaired) electrons. The van der Waals surface area contributed by atoms with Crippen LogP contribution in [0, 0.1) is 0 Å². The summed E-state index contributed by atoms with van der Waals surface area (Å²) in [5, 5.41) is 8.74. The summed E-state index contributed by atoms with van der Waals surface area (Å²) in [6.45, 7) is 1.58. The smallest absolute Gasteiger partial charge is 0.303 e. The van der Waals surface area contributed by atoms with Crippen LogP contribution in [0.1, 0.15) is 37.3 Å². The maximum Gasteiger partial charge on any atom is 0.303 e. The maximum atomic E-state index is 10.7.